The van der Waals surface area contributed by atoms with Gasteiger partial charge < -0.3 is 15.7 Å². The number of nitrogens with two attached hydrogens (primary N) is 1. The molecule has 0 aromatic heterocycles. The Morgan fingerprint density at radius 2 is 2.00 bits per heavy atom. The normalized spacial score (nSPS) is 10.3. The molecule has 0 bridgehead atoms. The highest BCUT2D eigenvalue weighted by molar-refractivity contribution is 6.07. The molecule has 0 fully saturated rings. The van der Waals surface area contributed by atoms with Crippen molar-refractivity contribution in [2.24, 2.45) is 5.73 Å². The highest BCUT2D eigenvalue weighted by Crippen LogP contribution is 2.24. The minimum atomic E-state index is -0.577. The molecule has 0 atom stereocenters. The molecule has 2 aromatic carbocycles. The van der Waals surface area contributed by atoms with Gasteiger partial charge in [0.15, 0.2) is 0 Å². The Morgan fingerprint density at radius 3 is 2.70 bits per heavy atom. The van der Waals surface area contributed by atoms with Crippen LogP contribution in [0.4, 0.5) is 10.1 Å². The molecular formula is C15H15FN2O2. The second-order valence-electron chi connectivity index (χ2n) is 4.36. The molecule has 0 unspecified atom stereocenters. The third-order valence-corrected chi connectivity index (χ3v) is 3.07. The fourth-order valence-electron chi connectivity index (χ4n) is 1.98. The summed E-state index contributed by atoms with van der Waals surface area (Å²) < 4.78 is 13.2. The number of phenols is 1. The first kappa shape index (κ1) is 14.0. The van der Waals surface area contributed by atoms with E-state index in [9.17, 15) is 14.3 Å². The van der Waals surface area contributed by atoms with Crippen molar-refractivity contribution in [3.8, 4) is 5.75 Å². The zero-order chi connectivity index (χ0) is 14.7. The molecular weight excluding hydrogens is 259 g/mol. The Balaban J connectivity index is 2.40. The molecule has 2 aromatic rings. The average Bonchev–Trinajstić information content (AvgIpc) is 2.48. The Morgan fingerprint density at radius 1 is 1.30 bits per heavy atom. The second kappa shape index (κ2) is 5.71. The average molecular weight is 274 g/mol. The van der Waals surface area contributed by atoms with Crippen LogP contribution in [-0.2, 0) is 6.54 Å². The smallest absolute Gasteiger partial charge is 0.261 e. The van der Waals surface area contributed by atoms with Crippen LogP contribution in [-0.4, -0.2) is 18.1 Å². The molecule has 4 nitrogen and oxygen atoms in total. The van der Waals surface area contributed by atoms with E-state index in [1.54, 1.807) is 19.2 Å². The summed E-state index contributed by atoms with van der Waals surface area (Å²) in [6.45, 7) is 0.281. The number of carbonyl (C=O) groups is 1. The van der Waals surface area contributed by atoms with Gasteiger partial charge in [-0.15, -0.1) is 0 Å². The zero-order valence-electron chi connectivity index (χ0n) is 11.0. The van der Waals surface area contributed by atoms with Crippen molar-refractivity contribution in [1.29, 1.82) is 0 Å². The number of nitrogens with zero attached hydrogens (tertiary/aromatic N) is 1. The standard InChI is InChI=1S/C15H15FN2O2/c1-18(13-5-3-2-4-10(13)9-17)15(20)12-8-11(16)6-7-14(12)19/h2-8,19H,9,17H2,1H3. The van der Waals surface area contributed by atoms with Crippen LogP contribution in [0.25, 0.3) is 0 Å². The van der Waals surface area contributed by atoms with E-state index in [0.717, 1.165) is 23.8 Å². The van der Waals surface area contributed by atoms with Crippen molar-refractivity contribution in [1.82, 2.24) is 0 Å². The number of phenolic OH excluding ortho intramolecular Hbond substituents is 1. The second-order valence-corrected chi connectivity index (χ2v) is 4.36. The van der Waals surface area contributed by atoms with Crippen molar-refractivity contribution >= 4 is 11.6 Å². The number of hydrogen-bond acceptors (Lipinski definition) is 3. The van der Waals surface area contributed by atoms with Gasteiger partial charge >= 0.3 is 0 Å². The predicted molar refractivity (Wildman–Crippen MR) is 75.1 cm³/mol. The summed E-state index contributed by atoms with van der Waals surface area (Å²) in [7, 11) is 1.56. The summed E-state index contributed by atoms with van der Waals surface area (Å²) in [5.41, 5.74) is 6.97. The van der Waals surface area contributed by atoms with E-state index in [4.69, 9.17) is 5.73 Å². The lowest BCUT2D eigenvalue weighted by Crippen LogP contribution is -2.27. The summed E-state index contributed by atoms with van der Waals surface area (Å²) in [5.74, 6) is -1.33. The van der Waals surface area contributed by atoms with Crippen LogP contribution in [0.15, 0.2) is 42.5 Å². The monoisotopic (exact) mass is 274 g/mol. The van der Waals surface area contributed by atoms with E-state index in [0.29, 0.717) is 5.69 Å². The number of halogens is 1. The molecule has 0 saturated heterocycles. The lowest BCUT2D eigenvalue weighted by molar-refractivity contribution is 0.0990. The minimum Gasteiger partial charge on any atom is -0.507 e. The van der Waals surface area contributed by atoms with Crippen LogP contribution < -0.4 is 10.6 Å². The van der Waals surface area contributed by atoms with Crippen LogP contribution in [0.5, 0.6) is 5.75 Å². The van der Waals surface area contributed by atoms with Crippen molar-refractivity contribution in [2.45, 2.75) is 6.54 Å². The molecule has 1 amide bonds. The van der Waals surface area contributed by atoms with Gasteiger partial charge in [-0.1, -0.05) is 18.2 Å². The van der Waals surface area contributed by atoms with E-state index in [1.165, 1.54) is 4.90 Å². The number of benzene rings is 2. The van der Waals surface area contributed by atoms with E-state index < -0.39 is 11.7 Å². The maximum atomic E-state index is 13.2. The molecule has 0 spiro atoms. The molecule has 0 saturated carbocycles. The van der Waals surface area contributed by atoms with Gasteiger partial charge in [-0.25, -0.2) is 4.39 Å². The first-order chi connectivity index (χ1) is 9.54. The summed E-state index contributed by atoms with van der Waals surface area (Å²) in [6, 6.07) is 10.4. The summed E-state index contributed by atoms with van der Waals surface area (Å²) in [5, 5.41) is 9.69. The zero-order valence-corrected chi connectivity index (χ0v) is 11.0. The van der Waals surface area contributed by atoms with Gasteiger partial charge in [-0.2, -0.15) is 0 Å². The number of para-hydroxylation sites is 1. The van der Waals surface area contributed by atoms with Crippen molar-refractivity contribution in [3.63, 3.8) is 0 Å². The van der Waals surface area contributed by atoms with E-state index in [1.807, 2.05) is 12.1 Å². The van der Waals surface area contributed by atoms with Crippen molar-refractivity contribution in [2.75, 3.05) is 11.9 Å². The molecule has 0 aliphatic rings. The number of anilines is 1. The molecule has 20 heavy (non-hydrogen) atoms. The van der Waals surface area contributed by atoms with Gasteiger partial charge in [-0.3, -0.25) is 4.79 Å². The molecule has 0 aliphatic heterocycles. The van der Waals surface area contributed by atoms with Gasteiger partial charge in [-0.05, 0) is 29.8 Å². The predicted octanol–water partition coefficient (Wildman–Crippen LogP) is 2.27. The van der Waals surface area contributed by atoms with Gasteiger partial charge in [0.25, 0.3) is 5.91 Å². The third-order valence-electron chi connectivity index (χ3n) is 3.07. The number of rotatable bonds is 3. The molecule has 0 heterocycles. The quantitative estimate of drug-likeness (QED) is 0.902. The third kappa shape index (κ3) is 2.62. The van der Waals surface area contributed by atoms with Crippen LogP contribution in [0.3, 0.4) is 0 Å². The molecule has 2 rings (SSSR count). The number of aromatic hydroxyl groups is 1. The molecule has 3 N–H and O–H groups in total. The van der Waals surface area contributed by atoms with Crippen LogP contribution in [0, 0.1) is 5.82 Å². The Hall–Kier alpha value is -2.40. The van der Waals surface area contributed by atoms with Gasteiger partial charge in [0.05, 0.1) is 5.56 Å². The number of carbonyl (C=O) groups excluding carboxylic acids is 1. The topological polar surface area (TPSA) is 66.6 Å². The Bertz CT molecular complexity index is 644. The Labute approximate surface area is 116 Å². The fraction of sp³-hybridized carbons (Fsp3) is 0.133. The highest BCUT2D eigenvalue weighted by Gasteiger charge is 2.19. The van der Waals surface area contributed by atoms with Gasteiger partial charge in [0, 0.05) is 19.3 Å². The van der Waals surface area contributed by atoms with Crippen LogP contribution in [0.2, 0.25) is 0 Å². The number of hydrogen-bond donors (Lipinski definition) is 2. The molecule has 0 aliphatic carbocycles. The summed E-state index contributed by atoms with van der Waals surface area (Å²) in [6.07, 6.45) is 0. The van der Waals surface area contributed by atoms with Gasteiger partial charge in [0.2, 0.25) is 0 Å². The summed E-state index contributed by atoms with van der Waals surface area (Å²) >= 11 is 0. The van der Waals surface area contributed by atoms with E-state index in [2.05, 4.69) is 0 Å². The van der Waals surface area contributed by atoms with Crippen LogP contribution in [0.1, 0.15) is 15.9 Å². The maximum Gasteiger partial charge on any atom is 0.261 e. The van der Waals surface area contributed by atoms with Crippen molar-refractivity contribution < 1.29 is 14.3 Å². The maximum absolute atomic E-state index is 13.2. The highest BCUT2D eigenvalue weighted by atomic mass is 19.1. The lowest BCUT2D eigenvalue weighted by atomic mass is 10.1. The SMILES string of the molecule is CN(C(=O)c1cc(F)ccc1O)c1ccccc1CN. The van der Waals surface area contributed by atoms with E-state index >= 15 is 0 Å². The molecule has 0 radical (unpaired) electrons. The van der Waals surface area contributed by atoms with Crippen molar-refractivity contribution in [3.05, 3.63) is 59.4 Å². The first-order valence-corrected chi connectivity index (χ1v) is 6.09. The number of amides is 1. The van der Waals surface area contributed by atoms with Gasteiger partial charge in [0.1, 0.15) is 11.6 Å². The molecule has 104 valence electrons. The van der Waals surface area contributed by atoms with E-state index in [-0.39, 0.29) is 17.9 Å². The minimum absolute atomic E-state index is 0.0840. The first-order valence-electron chi connectivity index (χ1n) is 6.09. The molecule has 5 heteroatoms. The van der Waals surface area contributed by atoms with Crippen LogP contribution >= 0.6 is 0 Å². The lowest BCUT2D eigenvalue weighted by Gasteiger charge is -2.20. The largest absolute Gasteiger partial charge is 0.507 e. The fourth-order valence-corrected chi connectivity index (χ4v) is 1.98. The Kier molecular flexibility index (Phi) is 4.00. The summed E-state index contributed by atoms with van der Waals surface area (Å²) in [4.78, 5) is 13.7.